The number of hydrogen-bond acceptors (Lipinski definition) is 5. The van der Waals surface area contributed by atoms with E-state index in [2.05, 4.69) is 26.6 Å². The maximum absolute atomic E-state index is 13.6. The number of carbonyl (C=O) groups excluding carboxylic acids is 3. The first-order valence-electron chi connectivity index (χ1n) is 11.8. The molecule has 1 saturated carbocycles. The molecular formula is C22H34BrN3O5. The molecule has 0 aromatic carbocycles. The van der Waals surface area contributed by atoms with Crippen molar-refractivity contribution in [2.75, 3.05) is 19.7 Å². The van der Waals surface area contributed by atoms with E-state index in [1.54, 1.807) is 4.90 Å². The van der Waals surface area contributed by atoms with E-state index in [4.69, 9.17) is 4.74 Å². The summed E-state index contributed by atoms with van der Waals surface area (Å²) in [5, 5.41) is 15.5. The van der Waals surface area contributed by atoms with Gasteiger partial charge in [0.15, 0.2) is 0 Å². The highest BCUT2D eigenvalue weighted by Crippen LogP contribution is 2.60. The van der Waals surface area contributed by atoms with Crippen LogP contribution in [0.25, 0.3) is 0 Å². The highest BCUT2D eigenvalue weighted by molar-refractivity contribution is 9.09. The molecule has 4 aliphatic rings. The van der Waals surface area contributed by atoms with E-state index in [-0.39, 0.29) is 41.7 Å². The zero-order chi connectivity index (χ0) is 22.2. The minimum atomic E-state index is -1.00. The average Bonchev–Trinajstić information content (AvgIpc) is 3.34. The fourth-order valence-corrected chi connectivity index (χ4v) is 7.05. The molecule has 3 N–H and O–H groups in total. The SMILES string of the molecule is CCCNC(=O)[C@H]1[C@@H]2OC3(CC2Br)C(C(=O)NC2CCCCC2)N(CCCO)C(=O)[C@H]13. The Morgan fingerprint density at radius 1 is 1.26 bits per heavy atom. The Hall–Kier alpha value is -1.19. The topological polar surface area (TPSA) is 108 Å². The summed E-state index contributed by atoms with van der Waals surface area (Å²) >= 11 is 3.66. The number of aliphatic hydroxyl groups excluding tert-OH is 1. The fourth-order valence-electron chi connectivity index (χ4n) is 6.10. The minimum Gasteiger partial charge on any atom is -0.396 e. The summed E-state index contributed by atoms with van der Waals surface area (Å²) in [5.74, 6) is -1.83. The number of likely N-dealkylation sites (tertiary alicyclic amines) is 1. The second kappa shape index (κ2) is 9.35. The molecule has 8 nitrogen and oxygen atoms in total. The van der Waals surface area contributed by atoms with Crippen LogP contribution >= 0.6 is 15.9 Å². The van der Waals surface area contributed by atoms with E-state index in [0.29, 0.717) is 19.4 Å². The molecule has 3 heterocycles. The molecule has 174 valence electrons. The number of aliphatic hydroxyl groups is 1. The third kappa shape index (κ3) is 3.91. The first-order valence-corrected chi connectivity index (χ1v) is 12.7. The summed E-state index contributed by atoms with van der Waals surface area (Å²) < 4.78 is 6.42. The third-order valence-electron chi connectivity index (χ3n) is 7.40. The van der Waals surface area contributed by atoms with Crippen molar-refractivity contribution in [2.45, 2.75) is 86.9 Å². The van der Waals surface area contributed by atoms with Gasteiger partial charge >= 0.3 is 0 Å². The number of hydrogen-bond donors (Lipinski definition) is 3. The highest BCUT2D eigenvalue weighted by Gasteiger charge is 2.76. The van der Waals surface area contributed by atoms with Crippen LogP contribution in [0.2, 0.25) is 0 Å². The van der Waals surface area contributed by atoms with Crippen molar-refractivity contribution in [1.29, 1.82) is 0 Å². The first-order chi connectivity index (χ1) is 14.9. The number of nitrogens with one attached hydrogen (secondary N) is 2. The minimum absolute atomic E-state index is 0.0661. The highest BCUT2D eigenvalue weighted by atomic mass is 79.9. The van der Waals surface area contributed by atoms with Gasteiger partial charge in [0.05, 0.1) is 17.9 Å². The number of alkyl halides is 1. The molecule has 2 bridgehead atoms. The summed E-state index contributed by atoms with van der Waals surface area (Å²) in [7, 11) is 0. The number of amides is 3. The normalized spacial score (nSPS) is 37.2. The first kappa shape index (κ1) is 23.0. The molecule has 1 aliphatic carbocycles. The van der Waals surface area contributed by atoms with Gasteiger partial charge in [-0.05, 0) is 32.1 Å². The molecule has 0 aromatic rings. The lowest BCUT2D eigenvalue weighted by Gasteiger charge is -2.35. The zero-order valence-corrected chi connectivity index (χ0v) is 19.7. The van der Waals surface area contributed by atoms with Crippen LogP contribution in [-0.2, 0) is 19.1 Å². The Balaban J connectivity index is 1.63. The molecule has 1 spiro atoms. The number of nitrogens with zero attached hydrogens (tertiary/aromatic N) is 1. The molecule has 3 unspecified atom stereocenters. The summed E-state index contributed by atoms with van der Waals surface area (Å²) in [6, 6.07) is -0.652. The fraction of sp³-hybridized carbons (Fsp3) is 0.864. The van der Waals surface area contributed by atoms with Crippen molar-refractivity contribution < 1.29 is 24.2 Å². The van der Waals surface area contributed by atoms with Crippen LogP contribution in [0.1, 0.15) is 58.3 Å². The van der Waals surface area contributed by atoms with E-state index in [1.165, 1.54) is 6.42 Å². The molecule has 4 fully saturated rings. The van der Waals surface area contributed by atoms with Crippen molar-refractivity contribution >= 4 is 33.7 Å². The molecular weight excluding hydrogens is 466 g/mol. The monoisotopic (exact) mass is 499 g/mol. The van der Waals surface area contributed by atoms with Gasteiger partial charge in [0.1, 0.15) is 11.6 Å². The van der Waals surface area contributed by atoms with Crippen LogP contribution in [0.4, 0.5) is 0 Å². The lowest BCUT2D eigenvalue weighted by Crippen LogP contribution is -2.57. The Bertz CT molecular complexity index is 715. The Morgan fingerprint density at radius 2 is 2.00 bits per heavy atom. The van der Waals surface area contributed by atoms with Gasteiger partial charge in [-0.2, -0.15) is 0 Å². The van der Waals surface area contributed by atoms with Crippen LogP contribution in [-0.4, -0.2) is 76.0 Å². The van der Waals surface area contributed by atoms with Crippen molar-refractivity contribution in [3.8, 4) is 0 Å². The van der Waals surface area contributed by atoms with Crippen LogP contribution in [0.3, 0.4) is 0 Å². The Kier molecular flexibility index (Phi) is 6.93. The van der Waals surface area contributed by atoms with Crippen LogP contribution in [0.15, 0.2) is 0 Å². The molecule has 9 heteroatoms. The van der Waals surface area contributed by atoms with Gasteiger partial charge in [-0.1, -0.05) is 42.1 Å². The number of fused-ring (bicyclic) bond motifs is 1. The maximum atomic E-state index is 13.6. The Labute approximate surface area is 191 Å². The predicted octanol–water partition coefficient (Wildman–Crippen LogP) is 1.09. The van der Waals surface area contributed by atoms with Gasteiger partial charge in [0, 0.05) is 30.6 Å². The van der Waals surface area contributed by atoms with Crippen molar-refractivity contribution in [3.63, 3.8) is 0 Å². The zero-order valence-electron chi connectivity index (χ0n) is 18.1. The molecule has 0 aromatic heterocycles. The van der Waals surface area contributed by atoms with Gasteiger partial charge < -0.3 is 25.4 Å². The summed E-state index contributed by atoms with van der Waals surface area (Å²) in [6.07, 6.45) is 6.57. The average molecular weight is 500 g/mol. The molecule has 3 amide bonds. The number of halogens is 1. The second-order valence-corrected chi connectivity index (χ2v) is 10.6. The molecule has 0 radical (unpaired) electrons. The summed E-state index contributed by atoms with van der Waals surface area (Å²) in [4.78, 5) is 41.6. The summed E-state index contributed by atoms with van der Waals surface area (Å²) in [6.45, 7) is 2.74. The lowest BCUT2D eigenvalue weighted by atomic mass is 9.70. The molecule has 4 rings (SSSR count). The molecule has 31 heavy (non-hydrogen) atoms. The van der Waals surface area contributed by atoms with Crippen LogP contribution in [0.5, 0.6) is 0 Å². The van der Waals surface area contributed by atoms with Gasteiger partial charge in [-0.15, -0.1) is 0 Å². The van der Waals surface area contributed by atoms with E-state index < -0.39 is 29.6 Å². The van der Waals surface area contributed by atoms with E-state index in [1.807, 2.05) is 6.92 Å². The quantitative estimate of drug-likeness (QED) is 0.433. The van der Waals surface area contributed by atoms with Crippen molar-refractivity contribution in [1.82, 2.24) is 15.5 Å². The standard InChI is InChI=1S/C22H34BrN3O5/c1-2-9-24-19(28)15-16-21(30)26(10-6-11-27)18(22(16)12-14(23)17(15)31-22)20(29)25-13-7-4-3-5-8-13/h13-18,27H,2-12H2,1H3,(H,24,28)(H,25,29)/t14?,15-,16+,17-,18?,22?/m1/s1. The van der Waals surface area contributed by atoms with Gasteiger partial charge in [-0.25, -0.2) is 0 Å². The molecule has 3 saturated heterocycles. The van der Waals surface area contributed by atoms with Gasteiger partial charge in [0.25, 0.3) is 0 Å². The number of ether oxygens (including phenoxy) is 1. The second-order valence-electron chi connectivity index (χ2n) is 9.41. The number of rotatable bonds is 8. The largest absolute Gasteiger partial charge is 0.396 e. The molecule has 3 aliphatic heterocycles. The van der Waals surface area contributed by atoms with Crippen molar-refractivity contribution in [3.05, 3.63) is 0 Å². The van der Waals surface area contributed by atoms with Crippen LogP contribution in [0, 0.1) is 11.8 Å². The van der Waals surface area contributed by atoms with E-state index in [0.717, 1.165) is 32.1 Å². The Morgan fingerprint density at radius 3 is 2.68 bits per heavy atom. The summed E-state index contributed by atoms with van der Waals surface area (Å²) in [5.41, 5.74) is -1.00. The maximum Gasteiger partial charge on any atom is 0.246 e. The number of carbonyl (C=O) groups is 3. The van der Waals surface area contributed by atoms with E-state index >= 15 is 0 Å². The smallest absolute Gasteiger partial charge is 0.246 e. The van der Waals surface area contributed by atoms with E-state index in [9.17, 15) is 19.5 Å². The van der Waals surface area contributed by atoms with Gasteiger partial charge in [-0.3, -0.25) is 14.4 Å². The van der Waals surface area contributed by atoms with Crippen molar-refractivity contribution in [2.24, 2.45) is 11.8 Å². The van der Waals surface area contributed by atoms with Crippen LogP contribution < -0.4 is 10.6 Å². The predicted molar refractivity (Wildman–Crippen MR) is 117 cm³/mol. The molecule has 6 atom stereocenters. The lowest BCUT2D eigenvalue weighted by molar-refractivity contribution is -0.142. The van der Waals surface area contributed by atoms with Gasteiger partial charge in [0.2, 0.25) is 17.7 Å². The third-order valence-corrected chi connectivity index (χ3v) is 8.24.